The summed E-state index contributed by atoms with van der Waals surface area (Å²) in [5, 5.41) is 0. The Labute approximate surface area is 310 Å². The molecule has 6 rings (SSSR count). The van der Waals surface area contributed by atoms with Crippen molar-refractivity contribution in [2.45, 2.75) is 85.7 Å². The van der Waals surface area contributed by atoms with E-state index in [1.54, 1.807) is 22.3 Å². The van der Waals surface area contributed by atoms with Crippen LogP contribution in [0.1, 0.15) is 89.8 Å². The van der Waals surface area contributed by atoms with Gasteiger partial charge in [-0.2, -0.15) is 0 Å². The molecule has 0 radical (unpaired) electrons. The van der Waals surface area contributed by atoms with Gasteiger partial charge in [-0.3, -0.25) is 0 Å². The van der Waals surface area contributed by atoms with E-state index in [1.165, 1.54) is 65.1 Å². The van der Waals surface area contributed by atoms with Gasteiger partial charge in [-0.15, -0.1) is 0 Å². The zero-order valence-electron chi connectivity index (χ0n) is 29.5. The molecule has 0 aliphatic heterocycles. The molecule has 2 aliphatic carbocycles. The maximum absolute atomic E-state index is 6.01. The maximum atomic E-state index is 6.01. The van der Waals surface area contributed by atoms with Crippen molar-refractivity contribution in [1.82, 2.24) is 0 Å². The molecular formula is C43H50Cl2OSiZr. The molecule has 0 N–H and O–H groups in total. The van der Waals surface area contributed by atoms with Crippen molar-refractivity contribution in [3.8, 4) is 22.3 Å². The van der Waals surface area contributed by atoms with Crippen molar-refractivity contribution in [2.24, 2.45) is 0 Å². The van der Waals surface area contributed by atoms with Gasteiger partial charge < -0.3 is 24.8 Å². The third kappa shape index (κ3) is 8.65. The molecule has 0 bridgehead atoms. The zero-order chi connectivity index (χ0) is 32.3. The number of allylic oxidation sites excluding steroid dienone is 2. The van der Waals surface area contributed by atoms with E-state index in [0.29, 0.717) is 7.25 Å². The van der Waals surface area contributed by atoms with Gasteiger partial charge in [-0.1, -0.05) is 0 Å². The van der Waals surface area contributed by atoms with Gasteiger partial charge in [0.15, 0.2) is 0 Å². The van der Waals surface area contributed by atoms with Crippen LogP contribution in [0.4, 0.5) is 0 Å². The third-order valence-electron chi connectivity index (χ3n) is 9.82. The second kappa shape index (κ2) is 17.3. The Hall–Kier alpha value is -2.00. The summed E-state index contributed by atoms with van der Waals surface area (Å²) in [6.07, 6.45) is 10.3. The molecule has 5 heteroatoms. The summed E-state index contributed by atoms with van der Waals surface area (Å²) in [5.74, 6) is 0. The van der Waals surface area contributed by atoms with Crippen molar-refractivity contribution in [2.75, 3.05) is 6.61 Å². The SMILES string of the molecule is CC1=Cc2c(-c3ccccc3)cccc2[CH]1[Zr+2]([CH]1C(C)=Cc2c(-c3ccccc3)cccc21)=[Si](C)CCCCCCOC(C)(C)C.[Cl-].[Cl-]. The van der Waals surface area contributed by atoms with Crippen LogP contribution in [-0.4, -0.2) is 17.6 Å². The van der Waals surface area contributed by atoms with Gasteiger partial charge in [-0.05, 0) is 0 Å². The van der Waals surface area contributed by atoms with E-state index in [0.717, 1.165) is 6.61 Å². The summed E-state index contributed by atoms with van der Waals surface area (Å²) in [6, 6.07) is 37.8. The Bertz CT molecular complexity index is 1670. The van der Waals surface area contributed by atoms with Crippen molar-refractivity contribution in [3.63, 3.8) is 0 Å². The molecule has 4 aromatic rings. The van der Waals surface area contributed by atoms with Gasteiger partial charge in [0.25, 0.3) is 0 Å². The number of hydrogen-bond donors (Lipinski definition) is 0. The van der Waals surface area contributed by atoms with Crippen LogP contribution in [0.25, 0.3) is 34.4 Å². The summed E-state index contributed by atoms with van der Waals surface area (Å²) in [4.78, 5) is 0. The summed E-state index contributed by atoms with van der Waals surface area (Å²) in [5.41, 5.74) is 14.4. The second-order valence-corrected chi connectivity index (χ2v) is 31.2. The number of ether oxygens (including phenoxy) is 1. The Morgan fingerprint density at radius 2 is 1.06 bits per heavy atom. The summed E-state index contributed by atoms with van der Waals surface area (Å²) in [6.45, 7) is 15.0. The molecule has 0 saturated heterocycles. The van der Waals surface area contributed by atoms with E-state index < -0.39 is 25.8 Å². The molecule has 4 aromatic carbocycles. The van der Waals surface area contributed by atoms with Crippen LogP contribution in [0.15, 0.2) is 108 Å². The van der Waals surface area contributed by atoms with E-state index in [9.17, 15) is 0 Å². The van der Waals surface area contributed by atoms with Gasteiger partial charge in [0.2, 0.25) is 0 Å². The molecule has 2 aliphatic rings. The molecule has 1 nitrogen and oxygen atoms in total. The first-order valence-corrected chi connectivity index (χ1v) is 26.0. The van der Waals surface area contributed by atoms with Gasteiger partial charge >= 0.3 is 288 Å². The molecule has 0 fully saturated rings. The van der Waals surface area contributed by atoms with E-state index in [-0.39, 0.29) is 30.4 Å². The number of rotatable bonds is 11. The first-order valence-electron chi connectivity index (χ1n) is 17.3. The Morgan fingerprint density at radius 3 is 1.52 bits per heavy atom. The number of unbranched alkanes of at least 4 members (excludes halogenated alkanes) is 3. The van der Waals surface area contributed by atoms with Crippen LogP contribution in [0.3, 0.4) is 0 Å². The molecule has 0 heterocycles. The monoisotopic (exact) mass is 770 g/mol. The molecular weight excluding hydrogens is 723 g/mol. The molecule has 250 valence electrons. The van der Waals surface area contributed by atoms with E-state index in [1.807, 2.05) is 0 Å². The van der Waals surface area contributed by atoms with Crippen molar-refractivity contribution in [1.29, 1.82) is 0 Å². The largest absolute Gasteiger partial charge is 1.00 e. The number of halogens is 2. The fourth-order valence-electron chi connectivity index (χ4n) is 7.70. The van der Waals surface area contributed by atoms with Crippen LogP contribution in [0.5, 0.6) is 0 Å². The molecule has 0 spiro atoms. The average molecular weight is 773 g/mol. The standard InChI is InChI=1S/2C16H13.C11H24OSi.2ClH.Zr/c2*1-12-10-14-8-5-9-15(16(14)11-12)13-6-3-2-4-7-13;1-11(2,3)12-9-7-5-6-8-10-13-4;;;/h2*2-11H,1H3;5-10H2,1-4H3;2*1H;/q;;;;;+2/p-2. The van der Waals surface area contributed by atoms with Crippen molar-refractivity contribution >= 4 is 17.6 Å². The summed E-state index contributed by atoms with van der Waals surface area (Å²) < 4.78 is 7.28. The van der Waals surface area contributed by atoms with E-state index >= 15 is 0 Å². The van der Waals surface area contributed by atoms with Crippen LogP contribution < -0.4 is 24.8 Å². The number of benzene rings is 4. The fraction of sp³-hybridized carbons (Fsp3) is 0.349. The van der Waals surface area contributed by atoms with E-state index in [2.05, 4.69) is 150 Å². The Balaban J connectivity index is 0.00000260. The van der Waals surface area contributed by atoms with Crippen LogP contribution in [0.2, 0.25) is 12.6 Å². The quantitative estimate of drug-likeness (QED) is 0.129. The molecule has 2 unspecified atom stereocenters. The topological polar surface area (TPSA) is 9.23 Å². The van der Waals surface area contributed by atoms with Crippen molar-refractivity contribution in [3.05, 3.63) is 130 Å². The van der Waals surface area contributed by atoms with Gasteiger partial charge in [0.05, 0.1) is 0 Å². The predicted octanol–water partition coefficient (Wildman–Crippen LogP) is 6.26. The summed E-state index contributed by atoms with van der Waals surface area (Å²) >= 11 is -2.22. The molecule has 0 aromatic heterocycles. The van der Waals surface area contributed by atoms with Crippen LogP contribution in [-0.2, 0) is 25.1 Å². The van der Waals surface area contributed by atoms with Crippen LogP contribution >= 0.6 is 0 Å². The minimum Gasteiger partial charge on any atom is -1.00 e. The maximum Gasteiger partial charge on any atom is -1.00 e. The fourth-order valence-corrected chi connectivity index (χ4v) is 31.5. The van der Waals surface area contributed by atoms with Gasteiger partial charge in [0.1, 0.15) is 0 Å². The Morgan fingerprint density at radius 1 is 0.604 bits per heavy atom. The van der Waals surface area contributed by atoms with Gasteiger partial charge in [-0.25, -0.2) is 0 Å². The zero-order valence-corrected chi connectivity index (χ0v) is 34.4. The minimum absolute atomic E-state index is 0. The van der Waals surface area contributed by atoms with Crippen LogP contribution in [0, 0.1) is 0 Å². The molecule has 0 amide bonds. The van der Waals surface area contributed by atoms with Crippen molar-refractivity contribution < 1.29 is 49.9 Å². The van der Waals surface area contributed by atoms with E-state index in [4.69, 9.17) is 4.74 Å². The third-order valence-corrected chi connectivity index (χ3v) is 31.3. The average Bonchev–Trinajstić information content (AvgIpc) is 3.56. The minimum atomic E-state index is -2.22. The molecule has 48 heavy (non-hydrogen) atoms. The van der Waals surface area contributed by atoms with Gasteiger partial charge in [0, 0.05) is 0 Å². The first kappa shape index (κ1) is 38.8. The normalized spacial score (nSPS) is 16.0. The molecule has 2 atom stereocenters. The molecule has 0 saturated carbocycles. The summed E-state index contributed by atoms with van der Waals surface area (Å²) in [7, 11) is 0. The smallest absolute Gasteiger partial charge is 1.00 e. The second-order valence-electron chi connectivity index (χ2n) is 14.4. The number of hydrogen-bond acceptors (Lipinski definition) is 1. The predicted molar refractivity (Wildman–Crippen MR) is 197 cm³/mol. The number of fused-ring (bicyclic) bond motifs is 2. The Kier molecular flexibility index (Phi) is 14.0. The first-order chi connectivity index (χ1) is 22.2.